The summed E-state index contributed by atoms with van der Waals surface area (Å²) in [4.78, 5) is 15.5. The van der Waals surface area contributed by atoms with Gasteiger partial charge in [0.1, 0.15) is 11.6 Å². The lowest BCUT2D eigenvalue weighted by Gasteiger charge is -2.07. The van der Waals surface area contributed by atoms with Crippen molar-refractivity contribution >= 4 is 51.8 Å². The Labute approximate surface area is 148 Å². The van der Waals surface area contributed by atoms with Gasteiger partial charge in [0.05, 0.1) is 15.7 Å². The smallest absolute Gasteiger partial charge is 0.266 e. The van der Waals surface area contributed by atoms with Crippen molar-refractivity contribution in [1.82, 2.24) is 4.98 Å². The highest BCUT2D eigenvalue weighted by Crippen LogP contribution is 2.30. The quantitative estimate of drug-likeness (QED) is 0.511. The summed E-state index contributed by atoms with van der Waals surface area (Å²) in [6, 6.07) is 14.5. The summed E-state index contributed by atoms with van der Waals surface area (Å²) in [6.45, 7) is 0. The number of halogens is 2. The first-order valence-corrected chi connectivity index (χ1v) is 7.79. The minimum atomic E-state index is -0.549. The van der Waals surface area contributed by atoms with Crippen molar-refractivity contribution in [2.45, 2.75) is 0 Å². The number of para-hydroxylation sites is 1. The molecule has 6 heteroatoms. The third kappa shape index (κ3) is 3.13. The summed E-state index contributed by atoms with van der Waals surface area (Å²) in [5.74, 6) is -0.549. The van der Waals surface area contributed by atoms with Crippen molar-refractivity contribution < 1.29 is 4.79 Å². The van der Waals surface area contributed by atoms with Crippen LogP contribution in [0.3, 0.4) is 0 Å². The number of nitrogens with zero attached hydrogens (tertiary/aromatic N) is 1. The maximum Gasteiger partial charge on any atom is 0.266 e. The SMILES string of the molecule is N#C/C(=C/c1c[nH]c2ccccc12)C(=O)Nc1cccc(Cl)c1Cl. The van der Waals surface area contributed by atoms with Crippen LogP contribution in [0, 0.1) is 11.3 Å². The molecule has 1 amide bonds. The highest BCUT2D eigenvalue weighted by atomic mass is 35.5. The number of amides is 1. The number of hydrogen-bond donors (Lipinski definition) is 2. The molecule has 1 aromatic heterocycles. The largest absolute Gasteiger partial charge is 0.361 e. The number of aromatic amines is 1. The predicted octanol–water partition coefficient (Wildman–Crippen LogP) is 5.02. The fraction of sp³-hybridized carbons (Fsp3) is 0. The van der Waals surface area contributed by atoms with Gasteiger partial charge in [-0.15, -0.1) is 0 Å². The van der Waals surface area contributed by atoms with Gasteiger partial charge in [0, 0.05) is 22.7 Å². The molecule has 118 valence electrons. The first-order chi connectivity index (χ1) is 11.6. The van der Waals surface area contributed by atoms with Gasteiger partial charge in [0.15, 0.2) is 0 Å². The fourth-order valence-corrected chi connectivity index (χ4v) is 2.66. The Bertz CT molecular complexity index is 999. The molecule has 0 bridgehead atoms. The maximum absolute atomic E-state index is 12.4. The molecule has 0 saturated heterocycles. The second-order valence-electron chi connectivity index (χ2n) is 5.01. The summed E-state index contributed by atoms with van der Waals surface area (Å²) < 4.78 is 0. The van der Waals surface area contributed by atoms with E-state index < -0.39 is 5.91 Å². The topological polar surface area (TPSA) is 68.7 Å². The molecule has 0 spiro atoms. The van der Waals surface area contributed by atoms with Crippen molar-refractivity contribution in [3.05, 3.63) is 69.8 Å². The van der Waals surface area contributed by atoms with Crippen LogP contribution in [0.2, 0.25) is 10.0 Å². The van der Waals surface area contributed by atoms with Gasteiger partial charge in [-0.25, -0.2) is 0 Å². The summed E-state index contributed by atoms with van der Waals surface area (Å²) in [5.41, 5.74) is 2.01. The highest BCUT2D eigenvalue weighted by Gasteiger charge is 2.13. The first kappa shape index (κ1) is 16.1. The number of nitriles is 1. The van der Waals surface area contributed by atoms with E-state index in [2.05, 4.69) is 10.3 Å². The minimum absolute atomic E-state index is 0.0317. The van der Waals surface area contributed by atoms with Gasteiger partial charge in [-0.1, -0.05) is 47.5 Å². The zero-order valence-electron chi connectivity index (χ0n) is 12.3. The third-order valence-corrected chi connectivity index (χ3v) is 4.30. The maximum atomic E-state index is 12.4. The number of carbonyl (C=O) groups excluding carboxylic acids is 1. The monoisotopic (exact) mass is 355 g/mol. The fourth-order valence-electron chi connectivity index (χ4n) is 2.31. The number of hydrogen-bond acceptors (Lipinski definition) is 2. The van der Waals surface area contributed by atoms with E-state index in [1.54, 1.807) is 24.4 Å². The molecule has 4 nitrogen and oxygen atoms in total. The molecule has 0 saturated carbocycles. The van der Waals surface area contributed by atoms with Crippen LogP contribution in [0.5, 0.6) is 0 Å². The van der Waals surface area contributed by atoms with Crippen LogP contribution in [0.25, 0.3) is 17.0 Å². The summed E-state index contributed by atoms with van der Waals surface area (Å²) in [7, 11) is 0. The molecule has 3 aromatic rings. The number of H-pyrrole nitrogens is 1. The normalized spacial score (nSPS) is 11.3. The van der Waals surface area contributed by atoms with Gasteiger partial charge >= 0.3 is 0 Å². The molecule has 0 atom stereocenters. The number of aromatic nitrogens is 1. The van der Waals surface area contributed by atoms with E-state index in [1.165, 1.54) is 6.08 Å². The number of rotatable bonds is 3. The van der Waals surface area contributed by atoms with Gasteiger partial charge in [0.2, 0.25) is 0 Å². The van der Waals surface area contributed by atoms with Gasteiger partial charge in [-0.3, -0.25) is 4.79 Å². The lowest BCUT2D eigenvalue weighted by molar-refractivity contribution is -0.112. The molecule has 0 unspecified atom stereocenters. The molecule has 0 fully saturated rings. The van der Waals surface area contributed by atoms with Crippen LogP contribution >= 0.6 is 23.2 Å². The average Bonchev–Trinajstić information content (AvgIpc) is 3.00. The number of nitrogens with one attached hydrogen (secondary N) is 2. The Balaban J connectivity index is 1.92. The number of benzene rings is 2. The number of carbonyl (C=O) groups is 1. The van der Waals surface area contributed by atoms with Crippen molar-refractivity contribution in [3.63, 3.8) is 0 Å². The standard InChI is InChI=1S/C18H11Cl2N3O/c19-14-5-3-7-16(17(14)20)23-18(24)11(9-21)8-12-10-22-15-6-2-1-4-13(12)15/h1-8,10,22H,(H,23,24)/b11-8-. The van der Waals surface area contributed by atoms with E-state index in [-0.39, 0.29) is 10.6 Å². The highest BCUT2D eigenvalue weighted by molar-refractivity contribution is 6.44. The number of fused-ring (bicyclic) bond motifs is 1. The van der Waals surface area contributed by atoms with E-state index in [1.807, 2.05) is 30.3 Å². The third-order valence-electron chi connectivity index (χ3n) is 3.49. The van der Waals surface area contributed by atoms with Crippen LogP contribution < -0.4 is 5.32 Å². The molecule has 3 rings (SSSR count). The molecule has 2 aromatic carbocycles. The van der Waals surface area contributed by atoms with Crippen LogP contribution in [0.15, 0.2) is 54.2 Å². The van der Waals surface area contributed by atoms with Gasteiger partial charge in [-0.2, -0.15) is 5.26 Å². The van der Waals surface area contributed by atoms with Crippen molar-refractivity contribution in [1.29, 1.82) is 5.26 Å². The molecule has 0 aliphatic carbocycles. The van der Waals surface area contributed by atoms with Crippen LogP contribution in [-0.4, -0.2) is 10.9 Å². The van der Waals surface area contributed by atoms with E-state index in [0.29, 0.717) is 10.7 Å². The Kier molecular flexibility index (Phi) is 4.57. The zero-order chi connectivity index (χ0) is 17.1. The summed E-state index contributed by atoms with van der Waals surface area (Å²) in [5, 5.41) is 13.4. The minimum Gasteiger partial charge on any atom is -0.361 e. The zero-order valence-corrected chi connectivity index (χ0v) is 13.8. The Morgan fingerprint density at radius 1 is 1.17 bits per heavy atom. The molecular formula is C18H11Cl2N3O. The van der Waals surface area contributed by atoms with Gasteiger partial charge in [-0.05, 0) is 24.3 Å². The molecule has 0 radical (unpaired) electrons. The Morgan fingerprint density at radius 2 is 1.96 bits per heavy atom. The Morgan fingerprint density at radius 3 is 2.75 bits per heavy atom. The van der Waals surface area contributed by atoms with E-state index in [9.17, 15) is 10.1 Å². The first-order valence-electron chi connectivity index (χ1n) is 7.03. The second kappa shape index (κ2) is 6.79. The molecule has 0 aliphatic heterocycles. The summed E-state index contributed by atoms with van der Waals surface area (Å²) >= 11 is 12.0. The van der Waals surface area contributed by atoms with E-state index in [4.69, 9.17) is 23.2 Å². The molecular weight excluding hydrogens is 345 g/mol. The van der Waals surface area contributed by atoms with E-state index >= 15 is 0 Å². The van der Waals surface area contributed by atoms with Crippen LogP contribution in [0.4, 0.5) is 5.69 Å². The van der Waals surface area contributed by atoms with Gasteiger partial charge in [0.25, 0.3) is 5.91 Å². The number of anilines is 1. The van der Waals surface area contributed by atoms with Crippen LogP contribution in [-0.2, 0) is 4.79 Å². The lowest BCUT2D eigenvalue weighted by atomic mass is 10.1. The molecule has 0 aliphatic rings. The molecule has 2 N–H and O–H groups in total. The predicted molar refractivity (Wildman–Crippen MR) is 97.0 cm³/mol. The van der Waals surface area contributed by atoms with Crippen molar-refractivity contribution in [2.75, 3.05) is 5.32 Å². The lowest BCUT2D eigenvalue weighted by Crippen LogP contribution is -2.13. The molecule has 1 heterocycles. The van der Waals surface area contributed by atoms with Crippen LogP contribution in [0.1, 0.15) is 5.56 Å². The second-order valence-corrected chi connectivity index (χ2v) is 5.80. The van der Waals surface area contributed by atoms with Gasteiger partial charge < -0.3 is 10.3 Å². The molecule has 24 heavy (non-hydrogen) atoms. The van der Waals surface area contributed by atoms with Crippen molar-refractivity contribution in [3.8, 4) is 6.07 Å². The Hall–Kier alpha value is -2.74. The van der Waals surface area contributed by atoms with E-state index in [0.717, 1.165) is 16.5 Å². The summed E-state index contributed by atoms with van der Waals surface area (Å²) in [6.07, 6.45) is 3.29. The van der Waals surface area contributed by atoms with Crippen molar-refractivity contribution in [2.24, 2.45) is 0 Å². The average molecular weight is 356 g/mol.